The summed E-state index contributed by atoms with van der Waals surface area (Å²) in [5.41, 5.74) is 0.985. The smallest absolute Gasteiger partial charge is 0.240 e. The van der Waals surface area contributed by atoms with Crippen LogP contribution in [0.25, 0.3) is 0 Å². The molecule has 2 atom stereocenters. The third-order valence-corrected chi connectivity index (χ3v) is 4.25. The number of nitrogens with one attached hydrogen (secondary N) is 2. The molecule has 2 heterocycles. The van der Waals surface area contributed by atoms with Gasteiger partial charge in [-0.25, -0.2) is 4.98 Å². The zero-order chi connectivity index (χ0) is 16.7. The van der Waals surface area contributed by atoms with Crippen LogP contribution in [0.15, 0.2) is 5.38 Å². The summed E-state index contributed by atoms with van der Waals surface area (Å²) in [6.45, 7) is 8.29. The molecule has 0 saturated carbocycles. The normalized spacial score (nSPS) is 20.4. The Bertz CT molecular complexity index is 497. The second-order valence-corrected chi connectivity index (χ2v) is 6.67. The molecule has 1 saturated heterocycles. The largest absolute Gasteiger partial charge is 0.383 e. The summed E-state index contributed by atoms with van der Waals surface area (Å²) in [5, 5.41) is 8.47. The number of anilines is 1. The highest BCUT2D eigenvalue weighted by Gasteiger charge is 2.22. The van der Waals surface area contributed by atoms with Gasteiger partial charge < -0.3 is 20.1 Å². The average Bonchev–Trinajstić information content (AvgIpc) is 2.89. The van der Waals surface area contributed by atoms with Gasteiger partial charge in [-0.3, -0.25) is 9.69 Å². The van der Waals surface area contributed by atoms with Crippen LogP contribution in [0.5, 0.6) is 0 Å². The lowest BCUT2D eigenvalue weighted by molar-refractivity contribution is -0.115. The predicted octanol–water partition coefficient (Wildman–Crippen LogP) is 1.77. The highest BCUT2D eigenvalue weighted by Crippen LogP contribution is 2.19. The van der Waals surface area contributed by atoms with E-state index in [1.807, 2.05) is 5.38 Å². The van der Waals surface area contributed by atoms with Crippen molar-refractivity contribution in [2.24, 2.45) is 0 Å². The van der Waals surface area contributed by atoms with Crippen LogP contribution in [0.4, 0.5) is 5.13 Å². The molecule has 1 amide bonds. The fraction of sp³-hybridized carbons (Fsp3) is 0.733. The van der Waals surface area contributed by atoms with Crippen molar-refractivity contribution >= 4 is 47.2 Å². The van der Waals surface area contributed by atoms with Gasteiger partial charge in [0.1, 0.15) is 0 Å². The molecule has 1 fully saturated rings. The first kappa shape index (κ1) is 24.5. The molecule has 2 rings (SSSR count). The van der Waals surface area contributed by atoms with Gasteiger partial charge >= 0.3 is 0 Å². The molecule has 0 aromatic carbocycles. The maximum absolute atomic E-state index is 11.8. The summed E-state index contributed by atoms with van der Waals surface area (Å²) < 4.78 is 10.6. The van der Waals surface area contributed by atoms with Crippen molar-refractivity contribution in [3.8, 4) is 0 Å². The molecule has 2 N–H and O–H groups in total. The van der Waals surface area contributed by atoms with Gasteiger partial charge in [0.15, 0.2) is 5.13 Å². The molecule has 25 heavy (non-hydrogen) atoms. The Kier molecular flexibility index (Phi) is 12.6. The molecule has 1 aliphatic heterocycles. The first-order valence-corrected chi connectivity index (χ1v) is 8.76. The summed E-state index contributed by atoms with van der Waals surface area (Å²) >= 11 is 1.46. The van der Waals surface area contributed by atoms with Crippen molar-refractivity contribution in [1.82, 2.24) is 15.2 Å². The number of carbonyl (C=O) groups excluding carboxylic acids is 1. The van der Waals surface area contributed by atoms with Gasteiger partial charge in [-0.2, -0.15) is 0 Å². The number of halogens is 2. The van der Waals surface area contributed by atoms with Crippen LogP contribution in [-0.2, 0) is 20.8 Å². The molecule has 0 radical (unpaired) electrons. The Hall–Kier alpha value is -0.480. The number of rotatable bonds is 8. The minimum Gasteiger partial charge on any atom is -0.383 e. The lowest BCUT2D eigenvalue weighted by atomic mass is 10.2. The summed E-state index contributed by atoms with van der Waals surface area (Å²) in [6.07, 6.45) is 0.490. The molecule has 1 aliphatic rings. The summed E-state index contributed by atoms with van der Waals surface area (Å²) in [6, 6.07) is 0. The number of hydrogen-bond acceptors (Lipinski definition) is 7. The lowest BCUT2D eigenvalue weighted by Crippen LogP contribution is -2.44. The van der Waals surface area contributed by atoms with E-state index >= 15 is 0 Å². The van der Waals surface area contributed by atoms with Crippen LogP contribution in [0.3, 0.4) is 0 Å². The van der Waals surface area contributed by atoms with E-state index in [9.17, 15) is 4.79 Å². The SMILES string of the molecule is COCCNCC(=O)Nc1nc(CN2CC(C)OC(C)C2)cs1.Cl.Cl. The summed E-state index contributed by atoms with van der Waals surface area (Å²) in [5.74, 6) is -0.0874. The van der Waals surface area contributed by atoms with Crippen LogP contribution >= 0.6 is 36.2 Å². The molecule has 146 valence electrons. The Morgan fingerprint density at radius 1 is 1.40 bits per heavy atom. The molecular formula is C15H28Cl2N4O3S. The molecule has 1 aromatic heterocycles. The number of aromatic nitrogens is 1. The van der Waals surface area contributed by atoms with Gasteiger partial charge in [-0.05, 0) is 13.8 Å². The van der Waals surface area contributed by atoms with Crippen LogP contribution in [0.2, 0.25) is 0 Å². The maximum Gasteiger partial charge on any atom is 0.240 e. The van der Waals surface area contributed by atoms with Crippen LogP contribution in [-0.4, -0.2) is 67.9 Å². The highest BCUT2D eigenvalue weighted by atomic mass is 35.5. The Balaban J connectivity index is 0.00000288. The van der Waals surface area contributed by atoms with Gasteiger partial charge in [-0.15, -0.1) is 36.2 Å². The third-order valence-electron chi connectivity index (χ3n) is 3.45. The Morgan fingerprint density at radius 3 is 2.72 bits per heavy atom. The second-order valence-electron chi connectivity index (χ2n) is 5.81. The second kappa shape index (κ2) is 12.8. The van der Waals surface area contributed by atoms with Crippen molar-refractivity contribution in [1.29, 1.82) is 0 Å². The van der Waals surface area contributed by atoms with Crippen molar-refractivity contribution in [2.75, 3.05) is 45.2 Å². The number of carbonyl (C=O) groups is 1. The third kappa shape index (κ3) is 9.14. The fourth-order valence-electron chi connectivity index (χ4n) is 2.62. The van der Waals surface area contributed by atoms with Crippen molar-refractivity contribution < 1.29 is 14.3 Å². The monoisotopic (exact) mass is 414 g/mol. The predicted molar refractivity (Wildman–Crippen MR) is 105 cm³/mol. The van der Waals surface area contributed by atoms with E-state index in [1.165, 1.54) is 11.3 Å². The number of amides is 1. The first-order chi connectivity index (χ1) is 11.1. The number of morpholine rings is 1. The molecule has 0 aliphatic carbocycles. The molecule has 0 spiro atoms. The van der Waals surface area contributed by atoms with Gasteiger partial charge in [0.25, 0.3) is 0 Å². The number of hydrogen-bond donors (Lipinski definition) is 2. The van der Waals surface area contributed by atoms with E-state index in [2.05, 4.69) is 34.4 Å². The van der Waals surface area contributed by atoms with Gasteiger partial charge in [0.2, 0.25) is 5.91 Å². The van der Waals surface area contributed by atoms with E-state index < -0.39 is 0 Å². The zero-order valence-corrected chi connectivity index (χ0v) is 17.3. The summed E-state index contributed by atoms with van der Waals surface area (Å²) in [7, 11) is 1.63. The quantitative estimate of drug-likeness (QED) is 0.631. The standard InChI is InChI=1S/C15H26N4O3S.2ClH/c1-11-7-19(8-12(2)22-11)9-13-10-23-15(17-13)18-14(20)6-16-4-5-21-3;;/h10-12,16H,4-9H2,1-3H3,(H,17,18,20);2*1H. The minimum atomic E-state index is -0.0874. The molecule has 1 aromatic rings. The summed E-state index contributed by atoms with van der Waals surface area (Å²) in [4.78, 5) is 18.6. The van der Waals surface area contributed by atoms with Crippen molar-refractivity contribution in [3.63, 3.8) is 0 Å². The van der Waals surface area contributed by atoms with E-state index in [0.717, 1.165) is 25.3 Å². The number of methoxy groups -OCH3 is 1. The van der Waals surface area contributed by atoms with E-state index in [-0.39, 0.29) is 49.5 Å². The highest BCUT2D eigenvalue weighted by molar-refractivity contribution is 7.13. The zero-order valence-electron chi connectivity index (χ0n) is 14.8. The molecular weight excluding hydrogens is 387 g/mol. The van der Waals surface area contributed by atoms with Gasteiger partial charge in [0, 0.05) is 38.7 Å². The van der Waals surface area contributed by atoms with Gasteiger partial charge in [0.05, 0.1) is 31.1 Å². The van der Waals surface area contributed by atoms with Crippen molar-refractivity contribution in [3.05, 3.63) is 11.1 Å². The number of ether oxygens (including phenoxy) is 2. The minimum absolute atomic E-state index is 0. The fourth-order valence-corrected chi connectivity index (χ4v) is 3.34. The van der Waals surface area contributed by atoms with Crippen LogP contribution in [0.1, 0.15) is 19.5 Å². The maximum atomic E-state index is 11.8. The Morgan fingerprint density at radius 2 is 2.08 bits per heavy atom. The topological polar surface area (TPSA) is 75.7 Å². The van der Waals surface area contributed by atoms with Crippen LogP contribution in [0, 0.1) is 0 Å². The molecule has 10 heteroatoms. The number of thiazole rings is 1. The average molecular weight is 415 g/mol. The number of nitrogens with zero attached hydrogens (tertiary/aromatic N) is 2. The first-order valence-electron chi connectivity index (χ1n) is 7.88. The van der Waals surface area contributed by atoms with E-state index in [1.54, 1.807) is 7.11 Å². The van der Waals surface area contributed by atoms with E-state index in [4.69, 9.17) is 9.47 Å². The molecule has 0 bridgehead atoms. The van der Waals surface area contributed by atoms with E-state index in [0.29, 0.717) is 18.3 Å². The van der Waals surface area contributed by atoms with Crippen LogP contribution < -0.4 is 10.6 Å². The Labute approximate surface area is 165 Å². The molecule has 2 unspecified atom stereocenters. The van der Waals surface area contributed by atoms with Crippen molar-refractivity contribution in [2.45, 2.75) is 32.6 Å². The van der Waals surface area contributed by atoms with Gasteiger partial charge in [-0.1, -0.05) is 0 Å². The lowest BCUT2D eigenvalue weighted by Gasteiger charge is -2.34. The molecule has 7 nitrogen and oxygen atoms in total.